The molecule has 3 nitrogen and oxygen atoms in total. The quantitative estimate of drug-likeness (QED) is 0.709. The van der Waals surface area contributed by atoms with E-state index in [2.05, 4.69) is 17.6 Å². The van der Waals surface area contributed by atoms with E-state index in [4.69, 9.17) is 0 Å². The van der Waals surface area contributed by atoms with Crippen molar-refractivity contribution in [2.75, 3.05) is 5.43 Å². The van der Waals surface area contributed by atoms with Crippen molar-refractivity contribution < 1.29 is 9.47 Å². The van der Waals surface area contributed by atoms with Gasteiger partial charge in [-0.2, -0.15) is 0 Å². The van der Waals surface area contributed by atoms with Crippen molar-refractivity contribution in [2.45, 2.75) is 6.92 Å². The lowest BCUT2D eigenvalue weighted by Gasteiger charge is -2.05. The molecule has 1 heterocycles. The van der Waals surface area contributed by atoms with Crippen LogP contribution in [-0.2, 0) is 4.79 Å². The SMILES string of the molecule is CC(=O)N[n+]1cc2ccccc2cc1-c1ccccc1. The number of hydrogen-bond donors (Lipinski definition) is 1. The van der Waals surface area contributed by atoms with Gasteiger partial charge in [-0.15, -0.1) is 5.43 Å². The van der Waals surface area contributed by atoms with E-state index in [1.807, 2.05) is 54.7 Å². The van der Waals surface area contributed by atoms with Crippen LogP contribution in [0, 0.1) is 0 Å². The minimum Gasteiger partial charge on any atom is -0.270 e. The fraction of sp³-hybridized carbons (Fsp3) is 0.0588. The molecule has 0 saturated carbocycles. The molecule has 0 fully saturated rings. The van der Waals surface area contributed by atoms with Gasteiger partial charge in [0.25, 0.3) is 5.91 Å². The van der Waals surface area contributed by atoms with Crippen LogP contribution in [0.25, 0.3) is 22.0 Å². The summed E-state index contributed by atoms with van der Waals surface area (Å²) < 4.78 is 1.78. The molecular formula is C17H15N2O+. The van der Waals surface area contributed by atoms with Gasteiger partial charge < -0.3 is 0 Å². The molecule has 0 saturated heterocycles. The van der Waals surface area contributed by atoms with Crippen LogP contribution in [-0.4, -0.2) is 5.91 Å². The number of nitrogens with one attached hydrogen (secondary N) is 1. The second-order valence-electron chi connectivity index (χ2n) is 4.69. The number of hydrogen-bond acceptors (Lipinski definition) is 1. The highest BCUT2D eigenvalue weighted by Crippen LogP contribution is 2.20. The highest BCUT2D eigenvalue weighted by atomic mass is 16.2. The zero-order valence-corrected chi connectivity index (χ0v) is 11.2. The maximum absolute atomic E-state index is 11.4. The van der Waals surface area contributed by atoms with Gasteiger partial charge in [-0.25, -0.2) is 0 Å². The number of benzene rings is 2. The lowest BCUT2D eigenvalue weighted by Crippen LogP contribution is -2.49. The van der Waals surface area contributed by atoms with Crippen LogP contribution in [0.2, 0.25) is 0 Å². The molecule has 1 N–H and O–H groups in total. The van der Waals surface area contributed by atoms with E-state index in [9.17, 15) is 4.79 Å². The van der Waals surface area contributed by atoms with Crippen molar-refractivity contribution in [3.05, 3.63) is 66.9 Å². The predicted molar refractivity (Wildman–Crippen MR) is 79.6 cm³/mol. The van der Waals surface area contributed by atoms with Crippen molar-refractivity contribution >= 4 is 16.7 Å². The van der Waals surface area contributed by atoms with Gasteiger partial charge in [0.2, 0.25) is 11.9 Å². The van der Waals surface area contributed by atoms with Crippen LogP contribution in [0.5, 0.6) is 0 Å². The third-order valence-electron chi connectivity index (χ3n) is 3.16. The third kappa shape index (κ3) is 2.38. The number of aromatic nitrogens is 1. The molecule has 20 heavy (non-hydrogen) atoms. The number of amides is 1. The first-order valence-electron chi connectivity index (χ1n) is 6.51. The van der Waals surface area contributed by atoms with Crippen molar-refractivity contribution in [3.63, 3.8) is 0 Å². The maximum Gasteiger partial charge on any atom is 0.271 e. The number of pyridine rings is 1. The normalized spacial score (nSPS) is 10.4. The molecule has 0 aliphatic rings. The van der Waals surface area contributed by atoms with E-state index < -0.39 is 0 Å². The van der Waals surface area contributed by atoms with E-state index in [1.165, 1.54) is 6.92 Å². The van der Waals surface area contributed by atoms with E-state index in [1.54, 1.807) is 4.68 Å². The second-order valence-corrected chi connectivity index (χ2v) is 4.69. The van der Waals surface area contributed by atoms with Crippen LogP contribution in [0.3, 0.4) is 0 Å². The summed E-state index contributed by atoms with van der Waals surface area (Å²) in [5.74, 6) is -0.0949. The molecule has 2 aromatic carbocycles. The number of nitrogens with zero attached hydrogens (tertiary/aromatic N) is 1. The molecule has 0 radical (unpaired) electrons. The number of carbonyl (C=O) groups is 1. The van der Waals surface area contributed by atoms with Gasteiger partial charge in [-0.3, -0.25) is 4.79 Å². The summed E-state index contributed by atoms with van der Waals surface area (Å²) in [4.78, 5) is 11.4. The fourth-order valence-electron chi connectivity index (χ4n) is 2.28. The molecule has 0 spiro atoms. The summed E-state index contributed by atoms with van der Waals surface area (Å²) in [6.45, 7) is 1.51. The Hall–Kier alpha value is -2.68. The van der Waals surface area contributed by atoms with Gasteiger partial charge in [-0.05, 0) is 23.6 Å². The first-order valence-corrected chi connectivity index (χ1v) is 6.51. The van der Waals surface area contributed by atoms with Crippen molar-refractivity contribution in [1.82, 2.24) is 0 Å². The van der Waals surface area contributed by atoms with E-state index in [0.29, 0.717) is 0 Å². The van der Waals surface area contributed by atoms with E-state index in [0.717, 1.165) is 22.0 Å². The topological polar surface area (TPSA) is 33.0 Å². The summed E-state index contributed by atoms with van der Waals surface area (Å²) in [7, 11) is 0. The fourth-order valence-corrected chi connectivity index (χ4v) is 2.28. The number of carbonyl (C=O) groups excluding carboxylic acids is 1. The Morgan fingerprint density at radius 3 is 2.30 bits per heavy atom. The zero-order chi connectivity index (χ0) is 13.9. The Labute approximate surface area is 117 Å². The molecule has 0 bridgehead atoms. The number of rotatable bonds is 2. The van der Waals surface area contributed by atoms with Crippen molar-refractivity contribution in [2.24, 2.45) is 0 Å². The van der Waals surface area contributed by atoms with Gasteiger partial charge in [0.1, 0.15) is 0 Å². The molecule has 0 aliphatic heterocycles. The van der Waals surface area contributed by atoms with Crippen LogP contribution >= 0.6 is 0 Å². The second kappa shape index (κ2) is 5.13. The third-order valence-corrected chi connectivity index (χ3v) is 3.16. The largest absolute Gasteiger partial charge is 0.271 e. The standard InChI is InChI=1S/C17H14N2O/c1-13(20)18-19-12-16-10-6-5-9-15(16)11-17(19)14-7-3-2-4-8-14/h2-12H,1H3/p+1. The first-order chi connectivity index (χ1) is 9.74. The van der Waals surface area contributed by atoms with Crippen LogP contribution in [0.15, 0.2) is 66.9 Å². The minimum atomic E-state index is -0.0949. The Morgan fingerprint density at radius 2 is 1.60 bits per heavy atom. The first kappa shape index (κ1) is 12.4. The van der Waals surface area contributed by atoms with Crippen molar-refractivity contribution in [3.8, 4) is 11.3 Å². The monoisotopic (exact) mass is 263 g/mol. The summed E-state index contributed by atoms with van der Waals surface area (Å²) in [6.07, 6.45) is 1.94. The van der Waals surface area contributed by atoms with E-state index >= 15 is 0 Å². The van der Waals surface area contributed by atoms with Gasteiger partial charge in [0.15, 0.2) is 0 Å². The van der Waals surface area contributed by atoms with E-state index in [-0.39, 0.29) is 5.91 Å². The Bertz CT molecular complexity index is 766. The molecule has 3 heteroatoms. The molecule has 1 aromatic heterocycles. The van der Waals surface area contributed by atoms with Crippen LogP contribution in [0.1, 0.15) is 6.92 Å². The van der Waals surface area contributed by atoms with Gasteiger partial charge in [-0.1, -0.05) is 41.1 Å². The highest BCUT2D eigenvalue weighted by Gasteiger charge is 2.16. The van der Waals surface area contributed by atoms with Crippen molar-refractivity contribution in [1.29, 1.82) is 0 Å². The lowest BCUT2D eigenvalue weighted by molar-refractivity contribution is -0.629. The number of fused-ring (bicyclic) bond motifs is 1. The molecule has 0 aliphatic carbocycles. The average Bonchev–Trinajstić information content (AvgIpc) is 2.47. The summed E-state index contributed by atoms with van der Waals surface area (Å²) in [5, 5.41) is 2.23. The zero-order valence-electron chi connectivity index (χ0n) is 11.2. The Kier molecular flexibility index (Phi) is 3.17. The highest BCUT2D eigenvalue weighted by molar-refractivity contribution is 5.84. The molecule has 3 rings (SSSR count). The summed E-state index contributed by atoms with van der Waals surface area (Å²) >= 11 is 0. The van der Waals surface area contributed by atoms with Gasteiger partial charge >= 0.3 is 0 Å². The molecule has 3 aromatic rings. The Balaban J connectivity index is 2.24. The maximum atomic E-state index is 11.4. The van der Waals surface area contributed by atoms with Crippen LogP contribution < -0.4 is 10.1 Å². The van der Waals surface area contributed by atoms with Crippen LogP contribution in [0.4, 0.5) is 0 Å². The average molecular weight is 263 g/mol. The summed E-state index contributed by atoms with van der Waals surface area (Å²) in [6, 6.07) is 20.2. The minimum absolute atomic E-state index is 0.0949. The Morgan fingerprint density at radius 1 is 0.950 bits per heavy atom. The smallest absolute Gasteiger partial charge is 0.270 e. The predicted octanol–water partition coefficient (Wildman–Crippen LogP) is 2.88. The molecule has 1 amide bonds. The molecule has 0 atom stereocenters. The lowest BCUT2D eigenvalue weighted by atomic mass is 10.1. The van der Waals surface area contributed by atoms with Gasteiger partial charge in [0.05, 0.1) is 0 Å². The summed E-state index contributed by atoms with van der Waals surface area (Å²) in [5.41, 5.74) is 4.86. The van der Waals surface area contributed by atoms with Gasteiger partial charge in [0, 0.05) is 23.9 Å². The molecule has 98 valence electrons. The molecule has 0 unspecified atom stereocenters. The molecular weight excluding hydrogens is 248 g/mol.